The maximum Gasteiger partial charge on any atom is 0.305 e. The Morgan fingerprint density at radius 2 is 1.88 bits per heavy atom. The van der Waals surface area contributed by atoms with Crippen LogP contribution >= 0.6 is 0 Å². The molecular weight excluding hydrogens is 336 g/mol. The summed E-state index contributed by atoms with van der Waals surface area (Å²) in [6.45, 7) is 0. The van der Waals surface area contributed by atoms with Crippen LogP contribution in [0.4, 0.5) is 5.69 Å². The van der Waals surface area contributed by atoms with Gasteiger partial charge in [-0.3, -0.25) is 14.9 Å². The van der Waals surface area contributed by atoms with Crippen LogP contribution < -0.4 is 0 Å². The van der Waals surface area contributed by atoms with Crippen LogP contribution in [-0.4, -0.2) is 31.4 Å². The van der Waals surface area contributed by atoms with E-state index in [0.717, 1.165) is 23.9 Å². The van der Waals surface area contributed by atoms with Crippen LogP contribution in [0.1, 0.15) is 12.0 Å². The Bertz CT molecular complexity index is 845. The first kappa shape index (κ1) is 17.5. The van der Waals surface area contributed by atoms with Gasteiger partial charge in [-0.25, -0.2) is 13.4 Å². The van der Waals surface area contributed by atoms with Crippen LogP contribution in [-0.2, 0) is 25.8 Å². The minimum atomic E-state index is -3.86. The van der Waals surface area contributed by atoms with Gasteiger partial charge < -0.3 is 4.74 Å². The molecule has 126 valence electrons. The fraction of sp³-hybridized carbons (Fsp3) is 0.200. The van der Waals surface area contributed by atoms with Crippen molar-refractivity contribution in [2.24, 2.45) is 0 Å². The normalized spacial score (nSPS) is 11.0. The summed E-state index contributed by atoms with van der Waals surface area (Å²) >= 11 is 0. The predicted octanol–water partition coefficient (Wildman–Crippen LogP) is 1.93. The minimum Gasteiger partial charge on any atom is -0.469 e. The molecule has 0 unspecified atom stereocenters. The maximum atomic E-state index is 12.4. The zero-order valence-corrected chi connectivity index (χ0v) is 13.5. The lowest BCUT2D eigenvalue weighted by atomic mass is 10.1. The van der Waals surface area contributed by atoms with Crippen molar-refractivity contribution < 1.29 is 22.9 Å². The summed E-state index contributed by atoms with van der Waals surface area (Å²) in [5.41, 5.74) is 0.503. The third-order valence-corrected chi connectivity index (χ3v) is 4.97. The van der Waals surface area contributed by atoms with Gasteiger partial charge in [0.25, 0.3) is 5.69 Å². The number of pyridine rings is 1. The number of rotatable bonds is 6. The topological polar surface area (TPSA) is 116 Å². The number of hydrogen-bond donors (Lipinski definition) is 0. The summed E-state index contributed by atoms with van der Waals surface area (Å²) in [4.78, 5) is 24.7. The number of nitro groups is 1. The third kappa shape index (κ3) is 3.93. The smallest absolute Gasteiger partial charge is 0.305 e. The fourth-order valence-corrected chi connectivity index (χ4v) is 3.12. The lowest BCUT2D eigenvalue weighted by molar-refractivity contribution is -0.385. The molecule has 0 aliphatic rings. The van der Waals surface area contributed by atoms with Gasteiger partial charge in [0, 0.05) is 12.5 Å². The van der Waals surface area contributed by atoms with Gasteiger partial charge in [-0.15, -0.1) is 0 Å². The van der Waals surface area contributed by atoms with Crippen molar-refractivity contribution in [1.29, 1.82) is 0 Å². The minimum absolute atomic E-state index is 0.0191. The summed E-state index contributed by atoms with van der Waals surface area (Å²) in [5, 5.41) is 10.3. The molecule has 9 heteroatoms. The third-order valence-electron chi connectivity index (χ3n) is 3.29. The number of carbonyl (C=O) groups is 1. The zero-order valence-electron chi connectivity index (χ0n) is 12.7. The van der Waals surface area contributed by atoms with E-state index >= 15 is 0 Å². The molecule has 2 aromatic rings. The van der Waals surface area contributed by atoms with Crippen molar-refractivity contribution in [3.8, 4) is 0 Å². The van der Waals surface area contributed by atoms with Crippen LogP contribution in [0.5, 0.6) is 0 Å². The zero-order chi connectivity index (χ0) is 17.7. The van der Waals surface area contributed by atoms with Crippen molar-refractivity contribution >= 4 is 21.5 Å². The Morgan fingerprint density at radius 1 is 1.21 bits per heavy atom. The van der Waals surface area contributed by atoms with Crippen molar-refractivity contribution in [2.75, 3.05) is 7.11 Å². The standard InChI is InChI=1S/C15H14N2O6S/c1-23-15(18)9-4-11-2-6-13(7-3-11)24(21,22)14-8-5-12(10-16-14)17(19)20/h2-3,5-8,10H,4,9H2,1H3. The van der Waals surface area contributed by atoms with Crippen molar-refractivity contribution in [3.63, 3.8) is 0 Å². The van der Waals surface area contributed by atoms with E-state index < -0.39 is 14.8 Å². The first-order valence-corrected chi connectivity index (χ1v) is 8.34. The number of esters is 1. The average molecular weight is 350 g/mol. The molecule has 0 saturated heterocycles. The van der Waals surface area contributed by atoms with E-state index in [-0.39, 0.29) is 28.0 Å². The van der Waals surface area contributed by atoms with Crippen LogP contribution in [0.2, 0.25) is 0 Å². The molecule has 0 aliphatic heterocycles. The average Bonchev–Trinajstić information content (AvgIpc) is 2.60. The highest BCUT2D eigenvalue weighted by atomic mass is 32.2. The second kappa shape index (κ2) is 7.18. The fourth-order valence-electron chi connectivity index (χ4n) is 1.94. The Kier molecular flexibility index (Phi) is 5.24. The number of hydrogen-bond acceptors (Lipinski definition) is 7. The van der Waals surface area contributed by atoms with Crippen molar-refractivity contribution in [2.45, 2.75) is 22.8 Å². The Labute approximate surface area is 138 Å². The molecule has 0 radical (unpaired) electrons. The molecule has 1 heterocycles. The first-order valence-electron chi connectivity index (χ1n) is 6.86. The highest BCUT2D eigenvalue weighted by Crippen LogP contribution is 2.21. The molecule has 0 amide bonds. The van der Waals surface area contributed by atoms with Crippen molar-refractivity contribution in [1.82, 2.24) is 4.98 Å². The highest BCUT2D eigenvalue weighted by Gasteiger charge is 2.20. The number of aryl methyl sites for hydroxylation is 1. The second-order valence-corrected chi connectivity index (χ2v) is 6.73. The molecule has 2 rings (SSSR count). The lowest BCUT2D eigenvalue weighted by Gasteiger charge is -2.05. The Balaban J connectivity index is 2.20. The van der Waals surface area contributed by atoms with Gasteiger partial charge >= 0.3 is 5.97 Å². The van der Waals surface area contributed by atoms with E-state index in [0.29, 0.717) is 6.42 Å². The molecule has 0 atom stereocenters. The molecule has 8 nitrogen and oxygen atoms in total. The SMILES string of the molecule is COC(=O)CCc1ccc(S(=O)(=O)c2ccc([N+](=O)[O-])cn2)cc1. The summed E-state index contributed by atoms with van der Waals surface area (Å²) in [5.74, 6) is -0.346. The number of sulfone groups is 1. The second-order valence-electron chi connectivity index (χ2n) is 4.84. The number of aromatic nitrogens is 1. The quantitative estimate of drug-likeness (QED) is 0.444. The van der Waals surface area contributed by atoms with Crippen molar-refractivity contribution in [3.05, 3.63) is 58.3 Å². The predicted molar refractivity (Wildman–Crippen MR) is 83.1 cm³/mol. The lowest BCUT2D eigenvalue weighted by Crippen LogP contribution is -2.05. The number of nitrogens with zero attached hydrogens (tertiary/aromatic N) is 2. The summed E-state index contributed by atoms with van der Waals surface area (Å²) < 4.78 is 29.4. The molecule has 0 fully saturated rings. The van der Waals surface area contributed by atoms with Gasteiger partial charge in [0.15, 0.2) is 5.03 Å². The van der Waals surface area contributed by atoms with E-state index in [1.165, 1.54) is 19.2 Å². The number of ether oxygens (including phenoxy) is 1. The molecule has 1 aromatic heterocycles. The van der Waals surface area contributed by atoms with E-state index in [1.807, 2.05) is 0 Å². The number of benzene rings is 1. The Morgan fingerprint density at radius 3 is 2.38 bits per heavy atom. The van der Waals surface area contributed by atoms with Crippen LogP contribution in [0.25, 0.3) is 0 Å². The van der Waals surface area contributed by atoms with Gasteiger partial charge in [-0.1, -0.05) is 12.1 Å². The van der Waals surface area contributed by atoms with Gasteiger partial charge in [0.2, 0.25) is 9.84 Å². The van der Waals surface area contributed by atoms with Crippen LogP contribution in [0.15, 0.2) is 52.5 Å². The summed E-state index contributed by atoms with van der Waals surface area (Å²) in [6.07, 6.45) is 1.53. The monoisotopic (exact) mass is 350 g/mol. The Hall–Kier alpha value is -2.81. The molecule has 0 saturated carbocycles. The van der Waals surface area contributed by atoms with E-state index in [4.69, 9.17) is 0 Å². The molecule has 1 aromatic carbocycles. The number of methoxy groups -OCH3 is 1. The number of carbonyl (C=O) groups excluding carboxylic acids is 1. The van der Waals surface area contributed by atoms with E-state index in [1.54, 1.807) is 12.1 Å². The van der Waals surface area contributed by atoms with Gasteiger partial charge in [-0.05, 0) is 30.2 Å². The van der Waals surface area contributed by atoms with E-state index in [2.05, 4.69) is 9.72 Å². The summed E-state index contributed by atoms with van der Waals surface area (Å²) in [7, 11) is -2.56. The summed E-state index contributed by atoms with van der Waals surface area (Å²) in [6, 6.07) is 8.20. The molecule has 24 heavy (non-hydrogen) atoms. The molecule has 0 bridgehead atoms. The van der Waals surface area contributed by atoms with Gasteiger partial charge in [-0.2, -0.15) is 0 Å². The van der Waals surface area contributed by atoms with E-state index in [9.17, 15) is 23.3 Å². The van der Waals surface area contributed by atoms with Crippen LogP contribution in [0, 0.1) is 10.1 Å². The molecule has 0 aliphatic carbocycles. The molecular formula is C15H14N2O6S. The highest BCUT2D eigenvalue weighted by molar-refractivity contribution is 7.91. The first-order chi connectivity index (χ1) is 11.3. The van der Waals surface area contributed by atoms with Gasteiger partial charge in [0.05, 0.1) is 16.9 Å². The van der Waals surface area contributed by atoms with Gasteiger partial charge in [0.1, 0.15) is 6.20 Å². The largest absolute Gasteiger partial charge is 0.469 e. The van der Waals surface area contributed by atoms with Crippen LogP contribution in [0.3, 0.4) is 0 Å². The maximum absolute atomic E-state index is 12.4. The molecule has 0 spiro atoms. The molecule has 0 N–H and O–H groups in total.